The van der Waals surface area contributed by atoms with Gasteiger partial charge in [-0.05, 0) is 19.1 Å². The third-order valence-electron chi connectivity index (χ3n) is 2.62. The third-order valence-corrected chi connectivity index (χ3v) is 2.62. The van der Waals surface area contributed by atoms with Crippen molar-refractivity contribution >= 4 is 17.5 Å². The number of nitrogens with one attached hydrogen (secondary N) is 1. The van der Waals surface area contributed by atoms with Crippen molar-refractivity contribution in [2.24, 2.45) is 0 Å². The Kier molecular flexibility index (Phi) is 3.65. The summed E-state index contributed by atoms with van der Waals surface area (Å²) in [6.07, 6.45) is 4.97. The molecular formula is C12H15N5O2. The number of aromatic carboxylic acids is 1. The molecule has 0 spiro atoms. The predicted octanol–water partition coefficient (Wildman–Crippen LogP) is 1.06. The molecule has 0 saturated carbocycles. The fraction of sp³-hybridized carbons (Fsp3) is 0.250. The van der Waals surface area contributed by atoms with Gasteiger partial charge in [0.15, 0.2) is 0 Å². The first-order valence-electron chi connectivity index (χ1n) is 5.79. The second-order valence-electron chi connectivity index (χ2n) is 4.20. The maximum Gasteiger partial charge on any atom is 0.337 e. The van der Waals surface area contributed by atoms with Gasteiger partial charge in [-0.2, -0.15) is 5.10 Å². The Morgan fingerprint density at radius 1 is 1.58 bits per heavy atom. The molecule has 0 fully saturated rings. The topological polar surface area (TPSA) is 106 Å². The lowest BCUT2D eigenvalue weighted by Gasteiger charge is -2.16. The van der Waals surface area contributed by atoms with Crippen LogP contribution in [0.25, 0.3) is 0 Å². The lowest BCUT2D eigenvalue weighted by atomic mass is 10.2. The van der Waals surface area contributed by atoms with Gasteiger partial charge in [0, 0.05) is 24.6 Å². The monoisotopic (exact) mass is 261 g/mol. The van der Waals surface area contributed by atoms with E-state index in [0.29, 0.717) is 12.4 Å². The highest BCUT2D eigenvalue weighted by Gasteiger charge is 2.13. The van der Waals surface area contributed by atoms with Crippen LogP contribution in [0, 0.1) is 0 Å². The highest BCUT2D eigenvalue weighted by atomic mass is 16.4. The van der Waals surface area contributed by atoms with E-state index in [1.54, 1.807) is 10.9 Å². The van der Waals surface area contributed by atoms with Crippen LogP contribution in [-0.4, -0.2) is 31.9 Å². The molecule has 19 heavy (non-hydrogen) atoms. The summed E-state index contributed by atoms with van der Waals surface area (Å²) in [5, 5.41) is 16.2. The van der Waals surface area contributed by atoms with Crippen LogP contribution in [-0.2, 0) is 6.54 Å². The highest BCUT2D eigenvalue weighted by Crippen LogP contribution is 2.20. The molecule has 0 aliphatic carbocycles. The molecule has 7 heteroatoms. The van der Waals surface area contributed by atoms with Gasteiger partial charge in [-0.15, -0.1) is 0 Å². The summed E-state index contributed by atoms with van der Waals surface area (Å²) in [5.41, 5.74) is 5.96. The molecule has 0 amide bonds. The summed E-state index contributed by atoms with van der Waals surface area (Å²) in [6.45, 7) is 2.57. The van der Waals surface area contributed by atoms with E-state index in [0.717, 1.165) is 0 Å². The first-order valence-corrected chi connectivity index (χ1v) is 5.79. The van der Waals surface area contributed by atoms with E-state index in [4.69, 9.17) is 10.8 Å². The van der Waals surface area contributed by atoms with Crippen LogP contribution in [0.2, 0.25) is 0 Å². The third kappa shape index (κ3) is 3.01. The van der Waals surface area contributed by atoms with E-state index >= 15 is 0 Å². The van der Waals surface area contributed by atoms with Crippen LogP contribution in [0.4, 0.5) is 11.5 Å². The number of nitrogens with zero attached hydrogens (tertiary/aromatic N) is 3. The zero-order valence-electron chi connectivity index (χ0n) is 10.4. The molecular weight excluding hydrogens is 246 g/mol. The van der Waals surface area contributed by atoms with Crippen molar-refractivity contribution in [2.45, 2.75) is 19.5 Å². The lowest BCUT2D eigenvalue weighted by molar-refractivity contribution is 0.0698. The van der Waals surface area contributed by atoms with Crippen molar-refractivity contribution in [3.05, 3.63) is 36.3 Å². The molecule has 100 valence electrons. The molecule has 0 radical (unpaired) electrons. The predicted molar refractivity (Wildman–Crippen MR) is 70.9 cm³/mol. The molecule has 1 atom stereocenters. The van der Waals surface area contributed by atoms with Gasteiger partial charge < -0.3 is 16.2 Å². The number of hydrogen-bond donors (Lipinski definition) is 3. The van der Waals surface area contributed by atoms with Crippen LogP contribution in [0.3, 0.4) is 0 Å². The van der Waals surface area contributed by atoms with Crippen LogP contribution in [0.15, 0.2) is 30.7 Å². The smallest absolute Gasteiger partial charge is 0.337 e. The Morgan fingerprint density at radius 3 is 3.00 bits per heavy atom. The number of nitrogen functional groups attached to an aromatic ring is 1. The number of carboxylic acid groups (broad SMARTS) is 1. The molecule has 0 aromatic carbocycles. The van der Waals surface area contributed by atoms with Gasteiger partial charge in [-0.25, -0.2) is 9.78 Å². The van der Waals surface area contributed by atoms with Gasteiger partial charge in [0.25, 0.3) is 0 Å². The van der Waals surface area contributed by atoms with Gasteiger partial charge in [-0.1, -0.05) is 0 Å². The summed E-state index contributed by atoms with van der Waals surface area (Å²) in [6, 6.07) is 3.23. The van der Waals surface area contributed by atoms with E-state index in [9.17, 15) is 4.79 Å². The van der Waals surface area contributed by atoms with E-state index < -0.39 is 5.97 Å². The second-order valence-corrected chi connectivity index (χ2v) is 4.20. The van der Waals surface area contributed by atoms with E-state index in [-0.39, 0.29) is 17.3 Å². The highest BCUT2D eigenvalue weighted by molar-refractivity contribution is 5.96. The minimum absolute atomic E-state index is 0.0127. The van der Waals surface area contributed by atoms with E-state index in [1.807, 2.05) is 19.2 Å². The average molecular weight is 261 g/mol. The Morgan fingerprint density at radius 2 is 2.37 bits per heavy atom. The Balaban J connectivity index is 2.10. The molecule has 2 rings (SSSR count). The lowest BCUT2D eigenvalue weighted by Crippen LogP contribution is -2.24. The maximum atomic E-state index is 11.0. The Bertz CT molecular complexity index is 568. The van der Waals surface area contributed by atoms with Gasteiger partial charge >= 0.3 is 5.97 Å². The fourth-order valence-corrected chi connectivity index (χ4v) is 1.74. The summed E-state index contributed by atoms with van der Waals surface area (Å²) in [5.74, 6) is -0.692. The van der Waals surface area contributed by atoms with Crippen molar-refractivity contribution in [3.63, 3.8) is 0 Å². The van der Waals surface area contributed by atoms with Crippen molar-refractivity contribution in [1.82, 2.24) is 14.8 Å². The van der Waals surface area contributed by atoms with Crippen LogP contribution < -0.4 is 11.1 Å². The average Bonchev–Trinajstić information content (AvgIpc) is 2.84. The molecule has 4 N–H and O–H groups in total. The van der Waals surface area contributed by atoms with Crippen molar-refractivity contribution in [3.8, 4) is 0 Å². The van der Waals surface area contributed by atoms with Gasteiger partial charge in [0.05, 0.1) is 17.8 Å². The van der Waals surface area contributed by atoms with E-state index in [2.05, 4.69) is 15.4 Å². The van der Waals surface area contributed by atoms with Gasteiger partial charge in [0.1, 0.15) is 5.82 Å². The van der Waals surface area contributed by atoms with Crippen LogP contribution in [0.1, 0.15) is 17.3 Å². The number of carboxylic acids is 1. The molecule has 0 bridgehead atoms. The van der Waals surface area contributed by atoms with Crippen molar-refractivity contribution < 1.29 is 9.90 Å². The minimum Gasteiger partial charge on any atom is -0.478 e. The summed E-state index contributed by atoms with van der Waals surface area (Å²) >= 11 is 0. The van der Waals surface area contributed by atoms with Crippen LogP contribution in [0.5, 0.6) is 0 Å². The number of nitrogens with two attached hydrogens (primary N) is 1. The van der Waals surface area contributed by atoms with Crippen molar-refractivity contribution in [2.75, 3.05) is 11.1 Å². The summed E-state index contributed by atoms with van der Waals surface area (Å²) in [7, 11) is 0. The fourth-order valence-electron chi connectivity index (χ4n) is 1.74. The normalized spacial score (nSPS) is 12.1. The molecule has 0 saturated heterocycles. The number of hydrogen-bond acceptors (Lipinski definition) is 5. The number of anilines is 2. The zero-order chi connectivity index (χ0) is 13.8. The number of pyridine rings is 1. The second kappa shape index (κ2) is 5.38. The van der Waals surface area contributed by atoms with Crippen molar-refractivity contribution in [1.29, 1.82) is 0 Å². The van der Waals surface area contributed by atoms with Crippen LogP contribution >= 0.6 is 0 Å². The number of rotatable bonds is 5. The standard InChI is InChI=1S/C12H15N5O2/c1-8(7-17-6-2-4-15-17)16-11-10(13)9(12(18)19)3-5-14-11/h2-6,8H,7,13H2,1H3,(H,14,16)(H,18,19). The Hall–Kier alpha value is -2.57. The molecule has 2 aromatic rings. The minimum atomic E-state index is -1.07. The molecule has 2 aromatic heterocycles. The molecule has 7 nitrogen and oxygen atoms in total. The number of aromatic nitrogens is 3. The Labute approximate surface area is 110 Å². The molecule has 0 aliphatic heterocycles. The number of carbonyl (C=O) groups is 1. The maximum absolute atomic E-state index is 11.0. The SMILES string of the molecule is CC(Cn1cccn1)Nc1nccc(C(=O)O)c1N. The first-order chi connectivity index (χ1) is 9.08. The zero-order valence-corrected chi connectivity index (χ0v) is 10.4. The summed E-state index contributed by atoms with van der Waals surface area (Å²) < 4.78 is 1.77. The van der Waals surface area contributed by atoms with E-state index in [1.165, 1.54) is 12.3 Å². The summed E-state index contributed by atoms with van der Waals surface area (Å²) in [4.78, 5) is 15.0. The van der Waals surface area contributed by atoms with Gasteiger partial charge in [0.2, 0.25) is 0 Å². The molecule has 0 aliphatic rings. The first kappa shape index (κ1) is 12.9. The van der Waals surface area contributed by atoms with Gasteiger partial charge in [-0.3, -0.25) is 4.68 Å². The quantitative estimate of drug-likeness (QED) is 0.743. The largest absolute Gasteiger partial charge is 0.478 e. The molecule has 1 unspecified atom stereocenters. The molecule has 2 heterocycles.